The number of pyridine rings is 1. The quantitative estimate of drug-likeness (QED) is 0.415. The fourth-order valence-electron chi connectivity index (χ4n) is 4.27. The second-order valence-corrected chi connectivity index (χ2v) is 8.75. The first-order valence-electron chi connectivity index (χ1n) is 12.1. The van der Waals surface area contributed by atoms with Crippen LogP contribution >= 0.6 is 0 Å². The zero-order chi connectivity index (χ0) is 25.5. The Hall–Kier alpha value is -3.95. The van der Waals surface area contributed by atoms with Crippen molar-refractivity contribution in [2.75, 3.05) is 33.3 Å². The molecule has 0 saturated carbocycles. The number of aromatic amines is 1. The van der Waals surface area contributed by atoms with Crippen molar-refractivity contribution in [3.05, 3.63) is 65.1 Å². The number of carbonyl (C=O) groups excluding carboxylic acids is 3. The molecule has 1 aliphatic rings. The van der Waals surface area contributed by atoms with E-state index < -0.39 is 12.3 Å². The molecule has 190 valence electrons. The lowest BCUT2D eigenvalue weighted by atomic mass is 10.0. The number of amides is 3. The number of hydrogen-bond acceptors (Lipinski definition) is 5. The van der Waals surface area contributed by atoms with E-state index in [9.17, 15) is 18.8 Å². The number of benzene rings is 1. The van der Waals surface area contributed by atoms with Crippen LogP contribution in [0.5, 0.6) is 0 Å². The topological polar surface area (TPSA) is 116 Å². The van der Waals surface area contributed by atoms with E-state index in [4.69, 9.17) is 4.74 Å². The van der Waals surface area contributed by atoms with Gasteiger partial charge in [-0.1, -0.05) is 12.1 Å². The Bertz CT molecular complexity index is 1240. The molecule has 36 heavy (non-hydrogen) atoms. The molecule has 1 unspecified atom stereocenters. The van der Waals surface area contributed by atoms with Crippen molar-refractivity contribution in [3.8, 4) is 0 Å². The van der Waals surface area contributed by atoms with Crippen LogP contribution in [-0.2, 0) is 11.2 Å². The summed E-state index contributed by atoms with van der Waals surface area (Å²) in [5.41, 5.74) is 3.09. The van der Waals surface area contributed by atoms with Gasteiger partial charge in [-0.3, -0.25) is 9.59 Å². The number of piperidine rings is 1. The summed E-state index contributed by atoms with van der Waals surface area (Å²) in [5, 5.41) is 6.39. The molecule has 3 aromatic rings. The number of alkyl halides is 1. The molecular formula is C26H30FN5O4. The molecule has 3 amide bonds. The summed E-state index contributed by atoms with van der Waals surface area (Å²) in [6.07, 6.45) is 2.27. The predicted octanol–water partition coefficient (Wildman–Crippen LogP) is 3.20. The summed E-state index contributed by atoms with van der Waals surface area (Å²) >= 11 is 0. The number of halogens is 1. The number of nitrogens with one attached hydrogen (secondary N) is 3. The molecule has 1 fully saturated rings. The van der Waals surface area contributed by atoms with Gasteiger partial charge in [0.15, 0.2) is 0 Å². The van der Waals surface area contributed by atoms with Crippen molar-refractivity contribution in [2.45, 2.75) is 31.9 Å². The summed E-state index contributed by atoms with van der Waals surface area (Å²) in [7, 11) is 1.51. The molecule has 3 heterocycles. The number of aromatic nitrogens is 2. The van der Waals surface area contributed by atoms with E-state index >= 15 is 0 Å². The second-order valence-electron chi connectivity index (χ2n) is 8.75. The van der Waals surface area contributed by atoms with Crippen molar-refractivity contribution >= 4 is 28.8 Å². The smallest absolute Gasteiger partial charge is 0.409 e. The molecule has 0 radical (unpaired) electrons. The van der Waals surface area contributed by atoms with Crippen molar-refractivity contribution < 1.29 is 23.5 Å². The van der Waals surface area contributed by atoms with Crippen molar-refractivity contribution in [1.82, 2.24) is 25.5 Å². The van der Waals surface area contributed by atoms with Crippen molar-refractivity contribution in [1.29, 1.82) is 0 Å². The number of nitrogens with zero attached hydrogens (tertiary/aromatic N) is 2. The van der Waals surface area contributed by atoms with Crippen LogP contribution < -0.4 is 10.6 Å². The fourth-order valence-corrected chi connectivity index (χ4v) is 4.27. The van der Waals surface area contributed by atoms with E-state index in [2.05, 4.69) is 20.6 Å². The number of rotatable bonds is 8. The maximum Gasteiger partial charge on any atom is 0.409 e. The van der Waals surface area contributed by atoms with Gasteiger partial charge in [0.2, 0.25) is 0 Å². The molecule has 1 saturated heterocycles. The van der Waals surface area contributed by atoms with Crippen LogP contribution in [0.3, 0.4) is 0 Å². The lowest BCUT2D eigenvalue weighted by molar-refractivity contribution is 0.0754. The van der Waals surface area contributed by atoms with Gasteiger partial charge in [0.05, 0.1) is 13.2 Å². The Morgan fingerprint density at radius 2 is 2.08 bits per heavy atom. The summed E-state index contributed by atoms with van der Waals surface area (Å²) in [6, 6.07) is 11.0. The van der Waals surface area contributed by atoms with Gasteiger partial charge in [-0.05, 0) is 49.1 Å². The summed E-state index contributed by atoms with van der Waals surface area (Å²) in [5.74, 6) is -0.739. The second kappa shape index (κ2) is 11.7. The molecule has 2 aromatic heterocycles. The zero-order valence-corrected chi connectivity index (χ0v) is 20.2. The third kappa shape index (κ3) is 6.18. The minimum Gasteiger partial charge on any atom is -0.449 e. The van der Waals surface area contributed by atoms with Gasteiger partial charge in [-0.2, -0.15) is 0 Å². The predicted molar refractivity (Wildman–Crippen MR) is 133 cm³/mol. The van der Waals surface area contributed by atoms with Gasteiger partial charge in [0.25, 0.3) is 11.8 Å². The van der Waals surface area contributed by atoms with Crippen molar-refractivity contribution in [2.24, 2.45) is 0 Å². The minimum atomic E-state index is -1.01. The van der Waals surface area contributed by atoms with E-state index in [1.54, 1.807) is 6.07 Å². The van der Waals surface area contributed by atoms with Gasteiger partial charge in [0, 0.05) is 54.9 Å². The molecule has 4 rings (SSSR count). The normalized spacial score (nSPS) is 15.5. The summed E-state index contributed by atoms with van der Waals surface area (Å²) < 4.78 is 18.7. The molecule has 3 N–H and O–H groups in total. The number of hydrogen-bond donors (Lipinski definition) is 3. The van der Waals surface area contributed by atoms with E-state index in [0.717, 1.165) is 16.5 Å². The Balaban J connectivity index is 1.36. The van der Waals surface area contributed by atoms with Crippen LogP contribution in [0.4, 0.5) is 9.18 Å². The first-order valence-corrected chi connectivity index (χ1v) is 12.1. The van der Waals surface area contributed by atoms with E-state index in [1.165, 1.54) is 18.0 Å². The average Bonchev–Trinajstić information content (AvgIpc) is 3.37. The van der Waals surface area contributed by atoms with Crippen molar-refractivity contribution in [3.63, 3.8) is 0 Å². The molecule has 10 heteroatoms. The Labute approximate surface area is 208 Å². The summed E-state index contributed by atoms with van der Waals surface area (Å²) in [6.45, 7) is 0.935. The number of carbonyl (C=O) groups is 3. The molecular weight excluding hydrogens is 465 g/mol. The van der Waals surface area contributed by atoms with Crippen LogP contribution in [0.2, 0.25) is 0 Å². The van der Waals surface area contributed by atoms with Gasteiger partial charge in [-0.25, -0.2) is 14.2 Å². The molecule has 1 aromatic carbocycles. The number of H-pyrrole nitrogens is 1. The third-order valence-electron chi connectivity index (χ3n) is 6.11. The number of ether oxygens (including phenoxy) is 1. The lowest BCUT2D eigenvalue weighted by Gasteiger charge is -2.28. The maximum absolute atomic E-state index is 13.5. The Morgan fingerprint density at radius 1 is 1.22 bits per heavy atom. The molecule has 1 aliphatic heterocycles. The third-order valence-corrected chi connectivity index (χ3v) is 6.11. The van der Waals surface area contributed by atoms with Gasteiger partial charge >= 0.3 is 6.09 Å². The van der Waals surface area contributed by atoms with Crippen LogP contribution in [0.15, 0.2) is 42.6 Å². The number of likely N-dealkylation sites (tertiary alicyclic amines) is 1. The van der Waals surface area contributed by atoms with E-state index in [1.807, 2.05) is 30.5 Å². The molecule has 1 atom stereocenters. The van der Waals surface area contributed by atoms with E-state index in [-0.39, 0.29) is 37.2 Å². The maximum atomic E-state index is 13.5. The van der Waals surface area contributed by atoms with E-state index in [0.29, 0.717) is 43.5 Å². The van der Waals surface area contributed by atoms with Gasteiger partial charge in [-0.15, -0.1) is 0 Å². The highest BCUT2D eigenvalue weighted by molar-refractivity contribution is 5.98. The Morgan fingerprint density at radius 3 is 2.89 bits per heavy atom. The SMILES string of the molecule is CNC(=O)c1cc(C(=O)NCCCOC(=O)N2CCCC(F)C2)cc(Cc2cccc3[nH]ccc23)n1. The average molecular weight is 496 g/mol. The minimum absolute atomic E-state index is 0.0617. The van der Waals surface area contributed by atoms with Gasteiger partial charge in [0.1, 0.15) is 11.9 Å². The highest BCUT2D eigenvalue weighted by atomic mass is 19.1. The summed E-state index contributed by atoms with van der Waals surface area (Å²) in [4.78, 5) is 46.2. The molecule has 0 aliphatic carbocycles. The number of fused-ring (bicyclic) bond motifs is 1. The Kier molecular flexibility index (Phi) is 8.14. The molecule has 0 spiro atoms. The van der Waals surface area contributed by atoms with Crippen LogP contribution in [-0.4, -0.2) is 72.2 Å². The monoisotopic (exact) mass is 495 g/mol. The highest BCUT2D eigenvalue weighted by Gasteiger charge is 2.24. The van der Waals surface area contributed by atoms with Crippen LogP contribution in [0, 0.1) is 0 Å². The first-order chi connectivity index (χ1) is 17.4. The highest BCUT2D eigenvalue weighted by Crippen LogP contribution is 2.21. The molecule has 9 nitrogen and oxygen atoms in total. The zero-order valence-electron chi connectivity index (χ0n) is 20.2. The first kappa shape index (κ1) is 25.2. The fraction of sp³-hybridized carbons (Fsp3) is 0.385. The molecule has 0 bridgehead atoms. The van der Waals surface area contributed by atoms with Gasteiger partial charge < -0.3 is 25.3 Å². The van der Waals surface area contributed by atoms with Crippen LogP contribution in [0.25, 0.3) is 10.9 Å². The largest absolute Gasteiger partial charge is 0.449 e. The standard InChI is InChI=1S/C26H30FN5O4/c1-28-25(34)23-15-18(14-20(31-23)13-17-5-2-7-22-21(17)8-10-29-22)24(33)30-9-4-12-36-26(35)32-11-3-6-19(27)16-32/h2,5,7-8,10,14-15,19,29H,3-4,6,9,11-13,16H2,1H3,(H,28,34)(H,30,33). The van der Waals surface area contributed by atoms with Crippen LogP contribution in [0.1, 0.15) is 51.4 Å². The lowest BCUT2D eigenvalue weighted by Crippen LogP contribution is -2.41.